The van der Waals surface area contributed by atoms with Crippen LogP contribution in [-0.2, 0) is 14.3 Å². The molecule has 188 valence electrons. The van der Waals surface area contributed by atoms with Gasteiger partial charge in [0.15, 0.2) is 6.29 Å². The van der Waals surface area contributed by atoms with Crippen molar-refractivity contribution in [2.45, 2.75) is 115 Å². The van der Waals surface area contributed by atoms with Gasteiger partial charge in [-0.15, -0.1) is 0 Å². The van der Waals surface area contributed by atoms with E-state index in [4.69, 9.17) is 9.47 Å². The van der Waals surface area contributed by atoms with Gasteiger partial charge < -0.3 is 39.8 Å². The van der Waals surface area contributed by atoms with Crippen LogP contribution in [0, 0.1) is 34.5 Å². The first kappa shape index (κ1) is 27.9. The number of ether oxygens (including phenoxy) is 2. The molecule has 34 heavy (non-hydrogen) atoms. The third kappa shape index (κ3) is 4.42. The molecule has 13 atom stereocenters. The van der Waals surface area contributed by atoms with Crippen molar-refractivity contribution in [3.8, 4) is 0 Å². The summed E-state index contributed by atoms with van der Waals surface area (Å²) in [6.45, 7) is 4.70. The number of hydrogen-bond acceptors (Lipinski definition) is 8. The van der Waals surface area contributed by atoms with Gasteiger partial charge in [0, 0.05) is 0 Å². The molecule has 0 aromatic rings. The number of carboxylic acid groups (broad SMARTS) is 1. The Morgan fingerprint density at radius 2 is 1.56 bits per heavy atom. The van der Waals surface area contributed by atoms with Crippen LogP contribution in [0.1, 0.15) is 71.6 Å². The molecule has 0 radical (unpaired) electrons. The molecule has 0 aromatic heterocycles. The maximum Gasteiger partial charge on any atom is 1.00 e. The molecular weight excluding hydrogens is 467 g/mol. The van der Waals surface area contributed by atoms with E-state index in [1.807, 2.05) is 0 Å². The van der Waals surface area contributed by atoms with E-state index in [-0.39, 0.29) is 74.4 Å². The van der Waals surface area contributed by atoms with E-state index in [1.165, 1.54) is 6.42 Å². The Kier molecular flexibility index (Phi) is 8.37. The Labute approximate surface area is 244 Å². The molecule has 4 aliphatic carbocycles. The van der Waals surface area contributed by atoms with Crippen LogP contribution in [0.2, 0.25) is 0 Å². The number of hydrogen-bond donors (Lipinski definition) is 4. The number of carbonyl (C=O) groups excluding carboxylic acids is 1. The molecule has 5 aliphatic rings. The number of carboxylic acids is 1. The van der Waals surface area contributed by atoms with Gasteiger partial charge >= 0.3 is 51.4 Å². The van der Waals surface area contributed by atoms with Gasteiger partial charge in [0.2, 0.25) is 0 Å². The molecule has 5 fully saturated rings. The Bertz CT molecular complexity index is 767. The van der Waals surface area contributed by atoms with Crippen molar-refractivity contribution in [2.24, 2.45) is 34.5 Å². The maximum atomic E-state index is 11.4. The Hall–Kier alpha value is 0.866. The van der Waals surface area contributed by atoms with Gasteiger partial charge in [-0.25, -0.2) is 0 Å². The van der Waals surface area contributed by atoms with E-state index in [9.17, 15) is 30.3 Å². The molecule has 1 saturated heterocycles. The molecule has 4 saturated carbocycles. The van der Waals surface area contributed by atoms with Crippen LogP contribution in [0.5, 0.6) is 0 Å². The summed E-state index contributed by atoms with van der Waals surface area (Å²) in [5.41, 5.74) is 0.173. The standard InChI is InChI=1S/C25H40O8.K/c1-24-9-7-13(26)11-12(24)3-4-14-15-5-6-17(25(15,2)10-8-16(14)24)32-23-20(29)18(27)19(28)21(33-23)22(30)31;/h12-21,23,26-29H,3-11H2,1-2H3,(H,30,31);/q;+1/p-1/t12-,13-,14+,15+,16+,17+,18+,19+,20-,21+,23-,24+,25+;/m1./s1. The van der Waals surface area contributed by atoms with Crippen LogP contribution in [0.4, 0.5) is 0 Å². The van der Waals surface area contributed by atoms with Crippen LogP contribution < -0.4 is 56.5 Å². The van der Waals surface area contributed by atoms with E-state index >= 15 is 0 Å². The average Bonchev–Trinajstić information content (AvgIpc) is 3.10. The van der Waals surface area contributed by atoms with Gasteiger partial charge in [-0.1, -0.05) is 13.8 Å². The fraction of sp³-hybridized carbons (Fsp3) is 0.960. The van der Waals surface area contributed by atoms with Crippen LogP contribution in [0.3, 0.4) is 0 Å². The zero-order valence-corrected chi connectivity index (χ0v) is 23.8. The van der Waals surface area contributed by atoms with E-state index in [1.54, 1.807) is 0 Å². The molecule has 9 heteroatoms. The summed E-state index contributed by atoms with van der Waals surface area (Å²) in [4.78, 5) is 11.4. The topological polar surface area (TPSA) is 140 Å². The first-order chi connectivity index (χ1) is 15.6. The van der Waals surface area contributed by atoms with E-state index in [2.05, 4.69) is 13.8 Å². The number of carbonyl (C=O) groups is 1. The molecule has 0 aromatic carbocycles. The second-order valence-corrected chi connectivity index (χ2v) is 12.0. The fourth-order valence-corrected chi connectivity index (χ4v) is 8.73. The summed E-state index contributed by atoms with van der Waals surface area (Å²) in [6.07, 6.45) is 0.758. The number of aliphatic hydroxyl groups is 4. The molecule has 0 amide bonds. The van der Waals surface area contributed by atoms with Gasteiger partial charge in [0.1, 0.15) is 24.4 Å². The smallest absolute Gasteiger partial charge is 0.547 e. The monoisotopic (exact) mass is 506 g/mol. The number of aliphatic hydroxyl groups excluding tert-OH is 4. The maximum absolute atomic E-state index is 11.4. The van der Waals surface area contributed by atoms with Gasteiger partial charge in [-0.05, 0) is 92.3 Å². The molecule has 0 spiro atoms. The molecule has 1 aliphatic heterocycles. The second-order valence-electron chi connectivity index (χ2n) is 12.0. The largest absolute Gasteiger partial charge is 1.00 e. The molecule has 0 unspecified atom stereocenters. The minimum Gasteiger partial charge on any atom is -0.547 e. The summed E-state index contributed by atoms with van der Waals surface area (Å²) in [7, 11) is 0. The summed E-state index contributed by atoms with van der Waals surface area (Å²) < 4.78 is 11.6. The summed E-state index contributed by atoms with van der Waals surface area (Å²) in [6, 6.07) is 0. The van der Waals surface area contributed by atoms with Crippen molar-refractivity contribution in [1.29, 1.82) is 0 Å². The molecule has 1 heterocycles. The molecule has 0 bridgehead atoms. The molecule has 4 N–H and O–H groups in total. The summed E-state index contributed by atoms with van der Waals surface area (Å²) in [5, 5.41) is 52.1. The predicted molar refractivity (Wildman–Crippen MR) is 114 cm³/mol. The van der Waals surface area contributed by atoms with Crippen molar-refractivity contribution in [2.75, 3.05) is 0 Å². The van der Waals surface area contributed by atoms with Crippen molar-refractivity contribution in [3.63, 3.8) is 0 Å². The second kappa shape index (κ2) is 10.2. The number of fused-ring (bicyclic) bond motifs is 5. The summed E-state index contributed by atoms with van der Waals surface area (Å²) in [5.74, 6) is 0.700. The third-order valence-corrected chi connectivity index (χ3v) is 10.7. The van der Waals surface area contributed by atoms with Crippen molar-refractivity contribution < 1.29 is 91.2 Å². The summed E-state index contributed by atoms with van der Waals surface area (Å²) >= 11 is 0. The third-order valence-electron chi connectivity index (χ3n) is 10.7. The van der Waals surface area contributed by atoms with Crippen molar-refractivity contribution in [3.05, 3.63) is 0 Å². The van der Waals surface area contributed by atoms with E-state index in [0.717, 1.165) is 51.4 Å². The van der Waals surface area contributed by atoms with Gasteiger partial charge in [-0.3, -0.25) is 0 Å². The SMILES string of the molecule is C[C@]12CC[C@@H](O)C[C@H]1CC[C@@H]1[C@@H]2CC[C@]2(C)[C@@H](O[C@@H]3O[C@H](C(=O)[O-])[C@@H](O)[C@H](O)[C@H]3O)CC[C@@H]12.[K+]. The van der Waals surface area contributed by atoms with Crippen molar-refractivity contribution in [1.82, 2.24) is 0 Å². The zero-order valence-electron chi connectivity index (χ0n) is 20.6. The van der Waals surface area contributed by atoms with Crippen LogP contribution in [0.25, 0.3) is 0 Å². The van der Waals surface area contributed by atoms with Gasteiger partial charge in [0.25, 0.3) is 0 Å². The van der Waals surface area contributed by atoms with Crippen LogP contribution in [0.15, 0.2) is 0 Å². The van der Waals surface area contributed by atoms with Gasteiger partial charge in [0.05, 0.1) is 18.2 Å². The fourth-order valence-electron chi connectivity index (χ4n) is 8.73. The van der Waals surface area contributed by atoms with E-state index < -0.39 is 36.7 Å². The Balaban J connectivity index is 0.00000274. The number of aliphatic carboxylic acids is 1. The van der Waals surface area contributed by atoms with Crippen molar-refractivity contribution >= 4 is 5.97 Å². The van der Waals surface area contributed by atoms with E-state index in [0.29, 0.717) is 23.7 Å². The predicted octanol–water partition coefficient (Wildman–Crippen LogP) is -2.66. The minimum atomic E-state index is -1.77. The molecule has 5 rings (SSSR count). The average molecular weight is 507 g/mol. The first-order valence-corrected chi connectivity index (χ1v) is 12.8. The zero-order chi connectivity index (χ0) is 23.7. The molecule has 8 nitrogen and oxygen atoms in total. The Morgan fingerprint density at radius 1 is 0.882 bits per heavy atom. The first-order valence-electron chi connectivity index (χ1n) is 12.8. The van der Waals surface area contributed by atoms with Gasteiger partial charge in [-0.2, -0.15) is 0 Å². The normalized spacial score (nSPS) is 54.8. The molecular formula is C25H39KO8. The quantitative estimate of drug-likeness (QED) is 0.304. The van der Waals surface area contributed by atoms with Crippen LogP contribution >= 0.6 is 0 Å². The Morgan fingerprint density at radius 3 is 2.26 bits per heavy atom. The number of rotatable bonds is 3. The van der Waals surface area contributed by atoms with Crippen LogP contribution in [-0.4, -0.2) is 69.3 Å². The minimum absolute atomic E-state index is 0.